The molecule has 3 rings (SSSR count). The molecule has 3 amide bonds. The summed E-state index contributed by atoms with van der Waals surface area (Å²) >= 11 is 17.2. The molecule has 2 aromatic rings. The van der Waals surface area contributed by atoms with Crippen LogP contribution >= 0.6 is 35.4 Å². The molecule has 0 aliphatic carbocycles. The molecule has 1 heterocycles. The van der Waals surface area contributed by atoms with Gasteiger partial charge in [0, 0.05) is 17.8 Å². The Morgan fingerprint density at radius 2 is 1.90 bits per heavy atom. The van der Waals surface area contributed by atoms with Gasteiger partial charge in [0.25, 0.3) is 11.8 Å². The third-order valence-corrected chi connectivity index (χ3v) is 5.52. The lowest BCUT2D eigenvalue weighted by atomic mass is 10.1. The molecule has 2 N–H and O–H groups in total. The number of carbonyl (C=O) groups is 3. The van der Waals surface area contributed by atoms with E-state index in [1.165, 1.54) is 35.2 Å². The zero-order chi connectivity index (χ0) is 22.0. The summed E-state index contributed by atoms with van der Waals surface area (Å²) in [5.74, 6) is -1.37. The maximum absolute atomic E-state index is 12.7. The third kappa shape index (κ3) is 4.72. The maximum Gasteiger partial charge on any atom is 0.271 e. The molecule has 0 bridgehead atoms. The van der Waals surface area contributed by atoms with E-state index in [0.717, 1.165) is 5.56 Å². The molecule has 0 aromatic heterocycles. The number of hydrogen-bond donors (Lipinski definition) is 2. The number of carbonyl (C=O) groups excluding carboxylic acids is 3. The van der Waals surface area contributed by atoms with Crippen molar-refractivity contribution in [2.24, 2.45) is 0 Å². The Labute approximate surface area is 188 Å². The van der Waals surface area contributed by atoms with Gasteiger partial charge in [-0.3, -0.25) is 24.7 Å². The Kier molecular flexibility index (Phi) is 6.60. The summed E-state index contributed by atoms with van der Waals surface area (Å²) in [5.41, 5.74) is 4.34. The van der Waals surface area contributed by atoms with Gasteiger partial charge < -0.3 is 5.32 Å². The second kappa shape index (κ2) is 8.99. The van der Waals surface area contributed by atoms with Crippen molar-refractivity contribution in [3.63, 3.8) is 0 Å². The molecular weight excluding hydrogens is 447 g/mol. The zero-order valence-electron chi connectivity index (χ0n) is 16.1. The van der Waals surface area contributed by atoms with Gasteiger partial charge in [-0.2, -0.15) is 0 Å². The summed E-state index contributed by atoms with van der Waals surface area (Å²) in [7, 11) is 1.48. The maximum atomic E-state index is 12.7. The third-order valence-electron chi connectivity index (χ3n) is 4.50. The van der Waals surface area contributed by atoms with Gasteiger partial charge in [0.05, 0.1) is 17.0 Å². The summed E-state index contributed by atoms with van der Waals surface area (Å²) in [4.78, 5) is 39.0. The molecule has 0 spiro atoms. The number of nitrogens with zero attached hydrogens (tertiary/aromatic N) is 2. The highest BCUT2D eigenvalue weighted by Gasteiger charge is 2.43. The van der Waals surface area contributed by atoms with Gasteiger partial charge in [0.1, 0.15) is 6.04 Å². The molecule has 1 aliphatic heterocycles. The lowest BCUT2D eigenvalue weighted by Gasteiger charge is -2.24. The van der Waals surface area contributed by atoms with E-state index in [2.05, 4.69) is 10.7 Å². The molecule has 1 aliphatic rings. The predicted octanol–water partition coefficient (Wildman–Crippen LogP) is 3.40. The van der Waals surface area contributed by atoms with Crippen molar-refractivity contribution in [2.75, 3.05) is 12.4 Å². The van der Waals surface area contributed by atoms with Crippen molar-refractivity contribution in [3.05, 3.63) is 63.6 Å². The first-order valence-electron chi connectivity index (χ1n) is 8.90. The van der Waals surface area contributed by atoms with Gasteiger partial charge in [-0.05, 0) is 55.0 Å². The fourth-order valence-corrected chi connectivity index (χ4v) is 3.74. The van der Waals surface area contributed by atoms with Crippen molar-refractivity contribution in [2.45, 2.75) is 19.4 Å². The topological polar surface area (TPSA) is 81.8 Å². The van der Waals surface area contributed by atoms with E-state index in [0.29, 0.717) is 10.7 Å². The average Bonchev–Trinajstić information content (AvgIpc) is 2.86. The highest BCUT2D eigenvalue weighted by atomic mass is 35.5. The zero-order valence-corrected chi connectivity index (χ0v) is 18.4. The van der Waals surface area contributed by atoms with Gasteiger partial charge in [0.2, 0.25) is 5.91 Å². The second-order valence-electron chi connectivity index (χ2n) is 6.75. The quantitative estimate of drug-likeness (QED) is 0.662. The first-order chi connectivity index (χ1) is 14.2. The number of rotatable bonds is 5. The Hall–Kier alpha value is -2.68. The van der Waals surface area contributed by atoms with E-state index in [4.69, 9.17) is 35.4 Å². The minimum atomic E-state index is -0.984. The van der Waals surface area contributed by atoms with Crippen molar-refractivity contribution in [1.82, 2.24) is 15.3 Å². The van der Waals surface area contributed by atoms with Crippen LogP contribution < -0.4 is 10.7 Å². The fourth-order valence-electron chi connectivity index (χ4n) is 2.98. The molecule has 1 fully saturated rings. The lowest BCUT2D eigenvalue weighted by Crippen LogP contribution is -2.49. The Morgan fingerprint density at radius 3 is 2.57 bits per heavy atom. The van der Waals surface area contributed by atoms with E-state index in [1.807, 2.05) is 25.1 Å². The van der Waals surface area contributed by atoms with E-state index < -0.39 is 17.9 Å². The molecular formula is C20H18Cl2N4O3S. The number of aryl methyl sites for hydroxylation is 1. The van der Waals surface area contributed by atoms with Crippen LogP contribution in [0.3, 0.4) is 0 Å². The molecule has 7 nitrogen and oxygen atoms in total. The van der Waals surface area contributed by atoms with Crippen molar-refractivity contribution < 1.29 is 14.4 Å². The molecule has 2 aromatic carbocycles. The summed E-state index contributed by atoms with van der Waals surface area (Å²) in [5, 5.41) is 4.57. The lowest BCUT2D eigenvalue weighted by molar-refractivity contribution is -0.130. The van der Waals surface area contributed by atoms with Crippen LogP contribution in [0, 0.1) is 6.92 Å². The van der Waals surface area contributed by atoms with E-state index in [-0.39, 0.29) is 28.0 Å². The summed E-state index contributed by atoms with van der Waals surface area (Å²) in [6, 6.07) is 10.7. The number of benzene rings is 2. The van der Waals surface area contributed by atoms with Crippen LogP contribution in [0.25, 0.3) is 0 Å². The number of nitrogens with one attached hydrogen (secondary N) is 2. The van der Waals surface area contributed by atoms with Crippen LogP contribution in [0.2, 0.25) is 10.0 Å². The molecule has 156 valence electrons. The number of thiocarbonyl (C=S) groups is 1. The Morgan fingerprint density at radius 1 is 1.17 bits per heavy atom. The van der Waals surface area contributed by atoms with Crippen molar-refractivity contribution in [1.29, 1.82) is 0 Å². The number of anilines is 1. The predicted molar refractivity (Wildman–Crippen MR) is 119 cm³/mol. The highest BCUT2D eigenvalue weighted by Crippen LogP contribution is 2.23. The Bertz CT molecular complexity index is 1050. The monoisotopic (exact) mass is 464 g/mol. The van der Waals surface area contributed by atoms with E-state index in [9.17, 15) is 14.4 Å². The minimum Gasteiger partial charge on any atom is -0.326 e. The van der Waals surface area contributed by atoms with Gasteiger partial charge in [0.15, 0.2) is 5.11 Å². The number of hydrogen-bond acceptors (Lipinski definition) is 4. The number of hydrazine groups is 1. The van der Waals surface area contributed by atoms with Gasteiger partial charge >= 0.3 is 0 Å². The van der Waals surface area contributed by atoms with E-state index >= 15 is 0 Å². The van der Waals surface area contributed by atoms with Crippen molar-refractivity contribution in [3.8, 4) is 0 Å². The SMILES string of the molecule is Cc1cccc(NC(=O)CC2C(=O)N(C)C(=S)N2NC(=O)c2ccc(Cl)cc2Cl)c1. The van der Waals surface area contributed by atoms with Crippen LogP contribution in [0.1, 0.15) is 22.3 Å². The molecule has 1 saturated heterocycles. The standard InChI is InChI=1S/C20H18Cl2N4O3S/c1-11-4-3-5-13(8-11)23-17(27)10-16-19(29)25(2)20(30)26(16)24-18(28)14-7-6-12(21)9-15(14)22/h3-9,16H,10H2,1-2H3,(H,23,27)(H,24,28). The van der Waals surface area contributed by atoms with Gasteiger partial charge in [-0.25, -0.2) is 5.01 Å². The first-order valence-corrected chi connectivity index (χ1v) is 10.1. The minimum absolute atomic E-state index is 0.0757. The van der Waals surface area contributed by atoms with Crippen LogP contribution in [-0.2, 0) is 9.59 Å². The summed E-state index contributed by atoms with van der Waals surface area (Å²) < 4.78 is 0. The van der Waals surface area contributed by atoms with Gasteiger partial charge in [-0.15, -0.1) is 0 Å². The summed E-state index contributed by atoms with van der Waals surface area (Å²) in [6.45, 7) is 1.91. The molecule has 1 atom stereocenters. The van der Waals surface area contributed by atoms with Crippen molar-refractivity contribution >= 4 is 63.9 Å². The fraction of sp³-hybridized carbons (Fsp3) is 0.200. The summed E-state index contributed by atoms with van der Waals surface area (Å²) in [6.07, 6.45) is -0.202. The van der Waals surface area contributed by atoms with Crippen LogP contribution in [0.5, 0.6) is 0 Å². The molecule has 10 heteroatoms. The highest BCUT2D eigenvalue weighted by molar-refractivity contribution is 7.80. The normalized spacial score (nSPS) is 16.1. The molecule has 30 heavy (non-hydrogen) atoms. The van der Waals surface area contributed by atoms with Crippen LogP contribution in [0.15, 0.2) is 42.5 Å². The number of halogens is 2. The second-order valence-corrected chi connectivity index (χ2v) is 7.96. The molecule has 1 unspecified atom stereocenters. The van der Waals surface area contributed by atoms with Crippen LogP contribution in [0.4, 0.5) is 5.69 Å². The number of amides is 3. The first kappa shape index (κ1) is 22.0. The van der Waals surface area contributed by atoms with E-state index in [1.54, 1.807) is 6.07 Å². The number of likely N-dealkylation sites (N-methyl/N-ethyl adjacent to an activating group) is 1. The largest absolute Gasteiger partial charge is 0.326 e. The molecule has 0 saturated carbocycles. The average molecular weight is 465 g/mol. The Balaban J connectivity index is 1.76. The van der Waals surface area contributed by atoms with Crippen LogP contribution in [-0.4, -0.2) is 45.8 Å². The van der Waals surface area contributed by atoms with Gasteiger partial charge in [-0.1, -0.05) is 35.3 Å². The molecule has 0 radical (unpaired) electrons. The smallest absolute Gasteiger partial charge is 0.271 e.